The fraction of sp³-hybridized carbons (Fsp3) is 0.133. The zero-order valence-electron chi connectivity index (χ0n) is 11.1. The summed E-state index contributed by atoms with van der Waals surface area (Å²) in [6.45, 7) is 1.94. The van der Waals surface area contributed by atoms with E-state index in [1.807, 2.05) is 19.1 Å². The van der Waals surface area contributed by atoms with Crippen LogP contribution in [0.3, 0.4) is 0 Å². The van der Waals surface area contributed by atoms with Crippen LogP contribution >= 0.6 is 11.6 Å². The monoisotopic (exact) mass is 291 g/mol. The van der Waals surface area contributed by atoms with Crippen LogP contribution in [0.1, 0.15) is 15.9 Å². The normalized spacial score (nSPS) is 10.2. The van der Waals surface area contributed by atoms with E-state index in [-0.39, 0.29) is 5.56 Å². The van der Waals surface area contributed by atoms with Gasteiger partial charge in [0.1, 0.15) is 11.5 Å². The van der Waals surface area contributed by atoms with Crippen LogP contribution < -0.4 is 10.5 Å². The van der Waals surface area contributed by atoms with Gasteiger partial charge in [0.2, 0.25) is 0 Å². The molecule has 2 aromatic rings. The smallest absolute Gasteiger partial charge is 0.340 e. The molecule has 2 rings (SSSR count). The maximum atomic E-state index is 11.6. The molecule has 0 aliphatic rings. The van der Waals surface area contributed by atoms with Crippen LogP contribution in [-0.2, 0) is 4.74 Å². The maximum Gasteiger partial charge on any atom is 0.340 e. The topological polar surface area (TPSA) is 61.5 Å². The van der Waals surface area contributed by atoms with Gasteiger partial charge in [0, 0.05) is 5.69 Å². The minimum Gasteiger partial charge on any atom is -0.465 e. The van der Waals surface area contributed by atoms with Crippen LogP contribution in [0.5, 0.6) is 11.5 Å². The second-order valence-corrected chi connectivity index (χ2v) is 4.68. The predicted octanol–water partition coefficient (Wildman–Crippen LogP) is 3.81. The molecule has 0 heterocycles. The fourth-order valence-electron chi connectivity index (χ4n) is 1.70. The Labute approximate surface area is 122 Å². The lowest BCUT2D eigenvalue weighted by Crippen LogP contribution is -2.05. The van der Waals surface area contributed by atoms with Crippen molar-refractivity contribution >= 4 is 23.3 Å². The quantitative estimate of drug-likeness (QED) is 0.690. The average Bonchev–Trinajstić information content (AvgIpc) is 2.44. The number of carbonyl (C=O) groups excluding carboxylic acids is 1. The van der Waals surface area contributed by atoms with Gasteiger partial charge in [-0.05, 0) is 42.8 Å². The Hall–Kier alpha value is -2.20. The number of carbonyl (C=O) groups is 1. The Morgan fingerprint density at radius 2 is 1.95 bits per heavy atom. The lowest BCUT2D eigenvalue weighted by atomic mass is 10.1. The number of ether oxygens (including phenoxy) is 2. The van der Waals surface area contributed by atoms with Gasteiger partial charge >= 0.3 is 5.97 Å². The molecule has 0 bridgehead atoms. The van der Waals surface area contributed by atoms with Gasteiger partial charge in [-0.2, -0.15) is 0 Å². The molecule has 0 saturated carbocycles. The average molecular weight is 292 g/mol. The highest BCUT2D eigenvalue weighted by Crippen LogP contribution is 2.31. The number of nitrogens with two attached hydrogens (primary N) is 1. The summed E-state index contributed by atoms with van der Waals surface area (Å²) in [5, 5.41) is 0.493. The second-order valence-electron chi connectivity index (χ2n) is 4.28. The Balaban J connectivity index is 2.34. The predicted molar refractivity (Wildman–Crippen MR) is 78.5 cm³/mol. The SMILES string of the molecule is COC(=O)c1cc(Oc2cc(C)ccc2Cl)ccc1N. The Morgan fingerprint density at radius 3 is 2.65 bits per heavy atom. The molecule has 0 fully saturated rings. The molecule has 0 aromatic heterocycles. The van der Waals surface area contributed by atoms with Crippen molar-refractivity contribution in [3.63, 3.8) is 0 Å². The van der Waals surface area contributed by atoms with Crippen LogP contribution in [0.2, 0.25) is 5.02 Å². The highest BCUT2D eigenvalue weighted by Gasteiger charge is 2.12. The number of methoxy groups -OCH3 is 1. The van der Waals surface area contributed by atoms with Crippen molar-refractivity contribution < 1.29 is 14.3 Å². The first-order chi connectivity index (χ1) is 9.51. The summed E-state index contributed by atoms with van der Waals surface area (Å²) >= 11 is 6.07. The molecule has 0 unspecified atom stereocenters. The van der Waals surface area contributed by atoms with Crippen molar-refractivity contribution in [3.8, 4) is 11.5 Å². The number of hydrogen-bond acceptors (Lipinski definition) is 4. The highest BCUT2D eigenvalue weighted by molar-refractivity contribution is 6.32. The maximum absolute atomic E-state index is 11.6. The molecule has 0 spiro atoms. The van der Waals surface area contributed by atoms with Crippen LogP contribution in [0, 0.1) is 6.92 Å². The van der Waals surface area contributed by atoms with Crippen LogP contribution in [-0.4, -0.2) is 13.1 Å². The van der Waals surface area contributed by atoms with Gasteiger partial charge < -0.3 is 15.2 Å². The van der Waals surface area contributed by atoms with E-state index in [4.69, 9.17) is 22.1 Å². The molecule has 2 aromatic carbocycles. The molecule has 20 heavy (non-hydrogen) atoms. The van der Waals surface area contributed by atoms with E-state index in [9.17, 15) is 4.79 Å². The summed E-state index contributed by atoms with van der Waals surface area (Å²) in [6.07, 6.45) is 0. The fourth-order valence-corrected chi connectivity index (χ4v) is 1.86. The van der Waals surface area contributed by atoms with Crippen LogP contribution in [0.25, 0.3) is 0 Å². The minimum absolute atomic E-state index is 0.258. The number of halogens is 1. The lowest BCUT2D eigenvalue weighted by molar-refractivity contribution is 0.0601. The van der Waals surface area contributed by atoms with Crippen molar-refractivity contribution in [1.82, 2.24) is 0 Å². The number of aryl methyl sites for hydroxylation is 1. The van der Waals surface area contributed by atoms with Gasteiger partial charge in [-0.25, -0.2) is 4.79 Å². The lowest BCUT2D eigenvalue weighted by Gasteiger charge is -2.10. The van der Waals surface area contributed by atoms with E-state index in [1.54, 1.807) is 18.2 Å². The summed E-state index contributed by atoms with van der Waals surface area (Å²) in [4.78, 5) is 11.6. The van der Waals surface area contributed by atoms with Crippen LogP contribution in [0.4, 0.5) is 5.69 Å². The molecule has 104 valence electrons. The number of rotatable bonds is 3. The zero-order valence-corrected chi connectivity index (χ0v) is 11.9. The van der Waals surface area contributed by atoms with E-state index in [1.165, 1.54) is 13.2 Å². The first kappa shape index (κ1) is 14.2. The minimum atomic E-state index is -0.511. The summed E-state index contributed by atoms with van der Waals surface area (Å²) in [6, 6.07) is 10.2. The van der Waals surface area contributed by atoms with E-state index in [2.05, 4.69) is 4.74 Å². The third-order valence-electron chi connectivity index (χ3n) is 2.74. The first-order valence-corrected chi connectivity index (χ1v) is 6.31. The molecule has 0 aliphatic heterocycles. The van der Waals surface area contributed by atoms with E-state index < -0.39 is 5.97 Å². The molecule has 0 amide bonds. The number of esters is 1. The molecule has 0 aliphatic carbocycles. The first-order valence-electron chi connectivity index (χ1n) is 5.93. The summed E-state index contributed by atoms with van der Waals surface area (Å²) in [7, 11) is 1.30. The van der Waals surface area contributed by atoms with Gasteiger partial charge in [0.15, 0.2) is 0 Å². The van der Waals surface area contributed by atoms with Gasteiger partial charge in [-0.1, -0.05) is 17.7 Å². The van der Waals surface area contributed by atoms with Gasteiger partial charge in [0.25, 0.3) is 0 Å². The van der Waals surface area contributed by atoms with E-state index >= 15 is 0 Å². The van der Waals surface area contributed by atoms with E-state index in [0.717, 1.165) is 5.56 Å². The van der Waals surface area contributed by atoms with Crippen molar-refractivity contribution in [3.05, 3.63) is 52.5 Å². The molecular formula is C15H14ClNO3. The third kappa shape index (κ3) is 3.03. The molecule has 0 saturated heterocycles. The Morgan fingerprint density at radius 1 is 1.20 bits per heavy atom. The number of benzene rings is 2. The molecule has 0 radical (unpaired) electrons. The molecule has 2 N–H and O–H groups in total. The van der Waals surface area contributed by atoms with Gasteiger partial charge in [-0.15, -0.1) is 0 Å². The highest BCUT2D eigenvalue weighted by atomic mass is 35.5. The Bertz CT molecular complexity index is 656. The van der Waals surface area contributed by atoms with Gasteiger partial charge in [0.05, 0.1) is 17.7 Å². The standard InChI is InChI=1S/C15H14ClNO3/c1-9-3-5-12(16)14(7-9)20-10-4-6-13(17)11(8-10)15(18)19-2/h3-8H,17H2,1-2H3. The Kier molecular flexibility index (Phi) is 4.15. The second kappa shape index (κ2) is 5.84. The number of anilines is 1. The van der Waals surface area contributed by atoms with Crippen LogP contribution in [0.15, 0.2) is 36.4 Å². The van der Waals surface area contributed by atoms with Gasteiger partial charge in [-0.3, -0.25) is 0 Å². The molecule has 4 nitrogen and oxygen atoms in total. The van der Waals surface area contributed by atoms with Crippen molar-refractivity contribution in [1.29, 1.82) is 0 Å². The summed E-state index contributed by atoms with van der Waals surface area (Å²) in [5.41, 5.74) is 7.34. The van der Waals surface area contributed by atoms with Crippen molar-refractivity contribution in [2.45, 2.75) is 6.92 Å². The molecule has 5 heteroatoms. The molecule has 0 atom stereocenters. The third-order valence-corrected chi connectivity index (χ3v) is 3.06. The molecular weight excluding hydrogens is 278 g/mol. The zero-order chi connectivity index (χ0) is 14.7. The van der Waals surface area contributed by atoms with Crippen molar-refractivity contribution in [2.75, 3.05) is 12.8 Å². The van der Waals surface area contributed by atoms with Crippen molar-refractivity contribution in [2.24, 2.45) is 0 Å². The van der Waals surface area contributed by atoms with E-state index in [0.29, 0.717) is 22.2 Å². The number of nitrogen functional groups attached to an aromatic ring is 1. The number of hydrogen-bond donors (Lipinski definition) is 1. The summed E-state index contributed by atoms with van der Waals surface area (Å²) < 4.78 is 10.3. The largest absolute Gasteiger partial charge is 0.465 e. The summed E-state index contributed by atoms with van der Waals surface area (Å²) in [5.74, 6) is 0.475.